The summed E-state index contributed by atoms with van der Waals surface area (Å²) in [4.78, 5) is 28.8. The number of guanidine groups is 1. The van der Waals surface area contributed by atoms with E-state index < -0.39 is 12.0 Å². The molecule has 1 aliphatic heterocycles. The number of hydrogen-bond donors (Lipinski definition) is 5. The Morgan fingerprint density at radius 1 is 1.03 bits per heavy atom. The van der Waals surface area contributed by atoms with Crippen molar-refractivity contribution in [3.8, 4) is 5.88 Å². The van der Waals surface area contributed by atoms with Crippen molar-refractivity contribution in [2.45, 2.75) is 12.5 Å². The van der Waals surface area contributed by atoms with Gasteiger partial charge in [0.25, 0.3) is 5.91 Å². The summed E-state index contributed by atoms with van der Waals surface area (Å²) in [7, 11) is 0. The van der Waals surface area contributed by atoms with E-state index >= 15 is 0 Å². The first-order chi connectivity index (χ1) is 18.3. The van der Waals surface area contributed by atoms with E-state index in [1.807, 2.05) is 0 Å². The minimum absolute atomic E-state index is 0. The molecule has 39 heavy (non-hydrogen) atoms. The van der Waals surface area contributed by atoms with Crippen LogP contribution in [0.15, 0.2) is 71.9 Å². The maximum atomic E-state index is 12.8. The van der Waals surface area contributed by atoms with Crippen molar-refractivity contribution in [1.29, 1.82) is 0 Å². The van der Waals surface area contributed by atoms with Crippen molar-refractivity contribution < 1.29 is 19.8 Å². The number of carbonyl (C=O) groups is 2. The fourth-order valence-corrected chi connectivity index (χ4v) is 4.91. The topological polar surface area (TPSA) is 128 Å². The quantitative estimate of drug-likeness (QED) is 0.187. The molecule has 0 aliphatic carbocycles. The van der Waals surface area contributed by atoms with Crippen LogP contribution in [0.3, 0.4) is 0 Å². The van der Waals surface area contributed by atoms with E-state index in [2.05, 4.69) is 20.9 Å². The molecule has 2 heterocycles. The predicted molar refractivity (Wildman–Crippen MR) is 156 cm³/mol. The number of aromatic nitrogens is 1. The molecule has 9 nitrogen and oxygen atoms in total. The number of rotatable bonds is 7. The van der Waals surface area contributed by atoms with Gasteiger partial charge in [0.05, 0.1) is 19.0 Å². The molecule has 1 amide bonds. The molecule has 0 bridgehead atoms. The number of hydrogen-bond acceptors (Lipinski definition) is 6. The summed E-state index contributed by atoms with van der Waals surface area (Å²) in [5.74, 6) is -0.808. The molecule has 202 valence electrons. The van der Waals surface area contributed by atoms with Gasteiger partial charge in [-0.15, -0.1) is 12.4 Å². The number of nitrogens with one attached hydrogen (secondary N) is 3. The Labute approximate surface area is 239 Å². The van der Waals surface area contributed by atoms with Crippen molar-refractivity contribution in [2.24, 2.45) is 4.99 Å². The van der Waals surface area contributed by atoms with Crippen LogP contribution < -0.4 is 16.0 Å². The first-order valence-corrected chi connectivity index (χ1v) is 12.5. The van der Waals surface area contributed by atoms with Gasteiger partial charge in [0.2, 0.25) is 0 Å². The van der Waals surface area contributed by atoms with E-state index in [-0.39, 0.29) is 30.6 Å². The molecule has 5 rings (SSSR count). The molecule has 1 unspecified atom stereocenters. The van der Waals surface area contributed by atoms with Crippen molar-refractivity contribution in [3.63, 3.8) is 0 Å². The number of carboxylic acids is 1. The van der Waals surface area contributed by atoms with Gasteiger partial charge < -0.3 is 30.7 Å². The molecule has 12 heteroatoms. The smallest absolute Gasteiger partial charge is 0.305 e. The van der Waals surface area contributed by atoms with Crippen LogP contribution in [0.25, 0.3) is 10.8 Å². The van der Waals surface area contributed by atoms with E-state index in [4.69, 9.17) is 23.2 Å². The molecular weight excluding hydrogens is 565 g/mol. The second-order valence-corrected chi connectivity index (χ2v) is 9.66. The highest BCUT2D eigenvalue weighted by Crippen LogP contribution is 2.37. The number of nitrogens with zero attached hydrogens (tertiary/aromatic N) is 2. The molecule has 0 saturated carbocycles. The SMILES string of the molecule is Cl.O=C(O)CC(c1cc(Cl)cc(Cl)c1)n1cc2ccc(NC(=O)c3ccc(NC4=NCCN4)cc3)cc2c1O. The number of aromatic hydroxyl groups is 1. The zero-order valence-electron chi connectivity index (χ0n) is 20.3. The number of carboxylic acid groups (broad SMARTS) is 1. The fourth-order valence-electron chi connectivity index (χ4n) is 4.36. The Bertz CT molecular complexity index is 1550. The second-order valence-electron chi connectivity index (χ2n) is 8.79. The van der Waals surface area contributed by atoms with E-state index in [9.17, 15) is 19.8 Å². The Morgan fingerprint density at radius 2 is 1.72 bits per heavy atom. The monoisotopic (exact) mass is 587 g/mol. The van der Waals surface area contributed by atoms with Gasteiger partial charge >= 0.3 is 5.97 Å². The number of amides is 1. The lowest BCUT2D eigenvalue weighted by molar-refractivity contribution is -0.137. The van der Waals surface area contributed by atoms with Gasteiger partial charge in [-0.25, -0.2) is 0 Å². The molecule has 1 aliphatic rings. The van der Waals surface area contributed by atoms with E-state index in [0.717, 1.165) is 18.8 Å². The van der Waals surface area contributed by atoms with E-state index in [1.165, 1.54) is 4.57 Å². The maximum absolute atomic E-state index is 12.8. The van der Waals surface area contributed by atoms with Crippen LogP contribution in [0.1, 0.15) is 28.4 Å². The minimum Gasteiger partial charge on any atom is -0.494 e. The molecule has 5 N–H and O–H groups in total. The number of fused-ring (bicyclic) bond motifs is 1. The van der Waals surface area contributed by atoms with Gasteiger partial charge in [0.15, 0.2) is 11.8 Å². The largest absolute Gasteiger partial charge is 0.494 e. The third-order valence-corrected chi connectivity index (χ3v) is 6.57. The second kappa shape index (κ2) is 11.9. The molecule has 1 aromatic heterocycles. The van der Waals surface area contributed by atoms with Crippen molar-refractivity contribution >= 4 is 75.6 Å². The molecule has 4 aromatic rings. The number of halogens is 3. The summed E-state index contributed by atoms with van der Waals surface area (Å²) >= 11 is 12.3. The average molecular weight is 589 g/mol. The lowest BCUT2D eigenvalue weighted by atomic mass is 10.0. The highest BCUT2D eigenvalue weighted by atomic mass is 35.5. The average Bonchev–Trinajstić information content (AvgIpc) is 3.50. The molecule has 1 atom stereocenters. The molecule has 0 radical (unpaired) electrons. The van der Waals surface area contributed by atoms with Crippen molar-refractivity contribution in [1.82, 2.24) is 9.88 Å². The van der Waals surface area contributed by atoms with Crippen LogP contribution in [-0.4, -0.2) is 45.7 Å². The van der Waals surface area contributed by atoms with Crippen LogP contribution in [-0.2, 0) is 4.79 Å². The third kappa shape index (κ3) is 6.39. The highest BCUT2D eigenvalue weighted by molar-refractivity contribution is 6.34. The number of benzene rings is 3. The molecular formula is C27H24Cl3N5O4. The third-order valence-electron chi connectivity index (χ3n) is 6.13. The fraction of sp³-hybridized carbons (Fsp3) is 0.148. The first kappa shape index (κ1) is 28.1. The Kier molecular flexibility index (Phi) is 8.54. The van der Waals surface area contributed by atoms with Crippen LogP contribution in [0.5, 0.6) is 5.88 Å². The number of anilines is 2. The predicted octanol–water partition coefficient (Wildman–Crippen LogP) is 5.76. The van der Waals surface area contributed by atoms with Gasteiger partial charge in [-0.3, -0.25) is 14.6 Å². The normalized spacial score (nSPS) is 13.2. The minimum atomic E-state index is -1.05. The highest BCUT2D eigenvalue weighted by Gasteiger charge is 2.23. The lowest BCUT2D eigenvalue weighted by Crippen LogP contribution is -2.26. The molecule has 0 spiro atoms. The molecule has 3 aromatic carbocycles. The summed E-state index contributed by atoms with van der Waals surface area (Å²) in [6, 6.07) is 16.1. The Balaban J connectivity index is 0.00000353. The standard InChI is InChI=1S/C27H23Cl2N5O4.ClH/c28-18-9-17(10-19(29)11-18)23(13-24(35)36)34-14-16-3-6-21(12-22(16)26(34)38)32-25(37)15-1-4-20(5-2-15)33-27-30-7-8-31-27;/h1-6,9-12,14,23,38H,7-8,13H2,(H,32,37)(H,35,36)(H2,30,31,33);1H. The molecule has 0 saturated heterocycles. The summed E-state index contributed by atoms with van der Waals surface area (Å²) in [6.45, 7) is 1.52. The van der Waals surface area contributed by atoms with Crippen LogP contribution in [0.2, 0.25) is 10.0 Å². The zero-order valence-corrected chi connectivity index (χ0v) is 22.6. The summed E-state index contributed by atoms with van der Waals surface area (Å²) in [5, 5.41) is 31.5. The van der Waals surface area contributed by atoms with Gasteiger partial charge in [0, 0.05) is 50.5 Å². The van der Waals surface area contributed by atoms with E-state index in [1.54, 1.807) is 66.9 Å². The first-order valence-electron chi connectivity index (χ1n) is 11.7. The summed E-state index contributed by atoms with van der Waals surface area (Å²) in [5.41, 5.74) is 2.28. The van der Waals surface area contributed by atoms with E-state index in [0.29, 0.717) is 43.6 Å². The Morgan fingerprint density at radius 3 is 2.36 bits per heavy atom. The van der Waals surface area contributed by atoms with Gasteiger partial charge in [-0.05, 0) is 60.2 Å². The molecule has 0 fully saturated rings. The number of aliphatic carboxylic acids is 1. The number of aliphatic imine (C=N–C) groups is 1. The van der Waals surface area contributed by atoms with Crippen LogP contribution in [0.4, 0.5) is 11.4 Å². The zero-order chi connectivity index (χ0) is 26.8. The summed E-state index contributed by atoms with van der Waals surface area (Å²) < 4.78 is 1.47. The number of carbonyl (C=O) groups excluding carboxylic acids is 1. The van der Waals surface area contributed by atoms with Gasteiger partial charge in [-0.1, -0.05) is 29.3 Å². The van der Waals surface area contributed by atoms with Crippen molar-refractivity contribution in [2.75, 3.05) is 23.7 Å². The van der Waals surface area contributed by atoms with Crippen LogP contribution >= 0.6 is 35.6 Å². The van der Waals surface area contributed by atoms with Gasteiger partial charge in [-0.2, -0.15) is 0 Å². The lowest BCUT2D eigenvalue weighted by Gasteiger charge is -2.19. The summed E-state index contributed by atoms with van der Waals surface area (Å²) in [6.07, 6.45) is 1.36. The Hall–Kier alpha value is -3.92. The van der Waals surface area contributed by atoms with Gasteiger partial charge in [0.1, 0.15) is 0 Å². The van der Waals surface area contributed by atoms with Crippen molar-refractivity contribution in [3.05, 3.63) is 88.0 Å². The van der Waals surface area contributed by atoms with Crippen LogP contribution in [0, 0.1) is 0 Å². The maximum Gasteiger partial charge on any atom is 0.305 e.